The van der Waals surface area contributed by atoms with E-state index in [4.69, 9.17) is 11.6 Å². The molecule has 1 unspecified atom stereocenters. The molecule has 0 bridgehead atoms. The fourth-order valence-electron chi connectivity index (χ4n) is 2.38. The normalized spacial score (nSPS) is 13.5. The molecule has 0 saturated heterocycles. The first-order valence-electron chi connectivity index (χ1n) is 8.42. The molecule has 0 spiro atoms. The van der Waals surface area contributed by atoms with Gasteiger partial charge in [0.1, 0.15) is 0 Å². The largest absolute Gasteiger partial charge is 0.416 e. The van der Waals surface area contributed by atoms with Crippen molar-refractivity contribution in [1.82, 2.24) is 0 Å². The van der Waals surface area contributed by atoms with Crippen LogP contribution < -0.4 is 15.5 Å². The summed E-state index contributed by atoms with van der Waals surface area (Å²) >= 11 is 5.99. The van der Waals surface area contributed by atoms with Gasteiger partial charge in [-0.15, -0.1) is 0 Å². The Balaban J connectivity index is 1.91. The molecule has 0 radical (unpaired) electrons. The number of benzene rings is 2. The number of rotatable bonds is 6. The predicted octanol–water partition coefficient (Wildman–Crippen LogP) is 2.84. The molecule has 3 N–H and O–H groups in total. The van der Waals surface area contributed by atoms with Crippen LogP contribution in [0.4, 0.5) is 24.5 Å². The van der Waals surface area contributed by atoms with Gasteiger partial charge in [0.05, 0.1) is 23.3 Å². The molecule has 28 heavy (non-hydrogen) atoms. The summed E-state index contributed by atoms with van der Waals surface area (Å²) in [5.41, 5.74) is -0.0699. The number of halogens is 4. The van der Waals surface area contributed by atoms with E-state index in [2.05, 4.69) is 10.6 Å². The quantitative estimate of drug-likeness (QED) is 0.680. The first-order valence-corrected chi connectivity index (χ1v) is 8.80. The van der Waals surface area contributed by atoms with Crippen molar-refractivity contribution in [3.8, 4) is 0 Å². The molecule has 0 fully saturated rings. The number of hydrogen-bond acceptors (Lipinski definition) is 2. The SMILES string of the molecule is C[C@H](C(=O)Nc1ccc(C(F)(F)F)cc1)[NH+](C)CC(=O)Nc1ccccc1Cl. The summed E-state index contributed by atoms with van der Waals surface area (Å²) in [5.74, 6) is -0.734. The van der Waals surface area contributed by atoms with Crippen LogP contribution in [0.15, 0.2) is 48.5 Å². The van der Waals surface area contributed by atoms with Crippen molar-refractivity contribution in [2.75, 3.05) is 24.2 Å². The number of anilines is 2. The van der Waals surface area contributed by atoms with Gasteiger partial charge in [-0.3, -0.25) is 9.59 Å². The van der Waals surface area contributed by atoms with Crippen LogP contribution in [-0.4, -0.2) is 31.4 Å². The van der Waals surface area contributed by atoms with Crippen molar-refractivity contribution in [2.24, 2.45) is 0 Å². The fourth-order valence-corrected chi connectivity index (χ4v) is 2.56. The van der Waals surface area contributed by atoms with Gasteiger partial charge in [-0.05, 0) is 43.3 Å². The van der Waals surface area contributed by atoms with Gasteiger partial charge in [-0.25, -0.2) is 0 Å². The lowest BCUT2D eigenvalue weighted by molar-refractivity contribution is -0.885. The highest BCUT2D eigenvalue weighted by molar-refractivity contribution is 6.33. The van der Waals surface area contributed by atoms with Crippen molar-refractivity contribution in [2.45, 2.75) is 19.1 Å². The third-order valence-electron chi connectivity index (χ3n) is 4.20. The Kier molecular flexibility index (Phi) is 7.04. The number of carbonyl (C=O) groups is 2. The summed E-state index contributed by atoms with van der Waals surface area (Å²) in [6.45, 7) is 1.63. The van der Waals surface area contributed by atoms with E-state index in [-0.39, 0.29) is 18.1 Å². The van der Waals surface area contributed by atoms with Gasteiger partial charge >= 0.3 is 6.18 Å². The van der Waals surface area contributed by atoms with Crippen molar-refractivity contribution < 1.29 is 27.7 Å². The molecule has 2 aromatic rings. The van der Waals surface area contributed by atoms with Gasteiger partial charge in [-0.2, -0.15) is 13.2 Å². The number of carbonyl (C=O) groups excluding carboxylic acids is 2. The van der Waals surface area contributed by atoms with Crippen LogP contribution in [0, 0.1) is 0 Å². The number of likely N-dealkylation sites (N-methyl/N-ethyl adjacent to an activating group) is 1. The average molecular weight is 415 g/mol. The molecule has 2 amide bonds. The number of hydrogen-bond donors (Lipinski definition) is 3. The highest BCUT2D eigenvalue weighted by Crippen LogP contribution is 2.29. The highest BCUT2D eigenvalue weighted by atomic mass is 35.5. The second-order valence-corrected chi connectivity index (χ2v) is 6.74. The maximum Gasteiger partial charge on any atom is 0.416 e. The van der Waals surface area contributed by atoms with Crippen molar-refractivity contribution in [3.05, 3.63) is 59.1 Å². The maximum atomic E-state index is 12.6. The van der Waals surface area contributed by atoms with E-state index in [1.165, 1.54) is 12.1 Å². The molecule has 0 aliphatic heterocycles. The minimum atomic E-state index is -4.44. The number of alkyl halides is 3. The van der Waals surface area contributed by atoms with Crippen LogP contribution in [0.3, 0.4) is 0 Å². The molecule has 2 aromatic carbocycles. The lowest BCUT2D eigenvalue weighted by Crippen LogP contribution is -3.14. The summed E-state index contributed by atoms with van der Waals surface area (Å²) in [5, 5.41) is 5.63. The first kappa shape index (κ1) is 21.7. The van der Waals surface area contributed by atoms with Gasteiger partial charge in [0.25, 0.3) is 11.8 Å². The second-order valence-electron chi connectivity index (χ2n) is 6.34. The topological polar surface area (TPSA) is 62.6 Å². The summed E-state index contributed by atoms with van der Waals surface area (Å²) < 4.78 is 37.7. The van der Waals surface area contributed by atoms with E-state index >= 15 is 0 Å². The molecular formula is C19H20ClF3N3O2+. The summed E-state index contributed by atoms with van der Waals surface area (Å²) in [7, 11) is 1.67. The summed E-state index contributed by atoms with van der Waals surface area (Å²) in [6, 6.07) is 10.3. The van der Waals surface area contributed by atoms with Crippen molar-refractivity contribution in [3.63, 3.8) is 0 Å². The Morgan fingerprint density at radius 3 is 2.25 bits per heavy atom. The first-order chi connectivity index (χ1) is 13.1. The van der Waals surface area contributed by atoms with E-state index in [9.17, 15) is 22.8 Å². The third kappa shape index (κ3) is 5.97. The van der Waals surface area contributed by atoms with E-state index in [0.29, 0.717) is 15.6 Å². The molecular weight excluding hydrogens is 395 g/mol. The highest BCUT2D eigenvalue weighted by Gasteiger charge is 2.30. The number of nitrogens with one attached hydrogen (secondary N) is 3. The number of amides is 2. The second kappa shape index (κ2) is 9.07. The molecule has 0 aliphatic carbocycles. The molecule has 2 rings (SSSR count). The molecule has 0 aromatic heterocycles. The Labute approximate surface area is 165 Å². The minimum absolute atomic E-state index is 0.00677. The van der Waals surface area contributed by atoms with Crippen molar-refractivity contribution >= 4 is 34.8 Å². The molecule has 9 heteroatoms. The molecule has 150 valence electrons. The molecule has 0 heterocycles. The van der Waals surface area contributed by atoms with E-state index in [0.717, 1.165) is 12.1 Å². The summed E-state index contributed by atoms with van der Waals surface area (Å²) in [6.07, 6.45) is -4.44. The van der Waals surface area contributed by atoms with Crippen molar-refractivity contribution in [1.29, 1.82) is 0 Å². The minimum Gasteiger partial charge on any atom is -0.321 e. The van der Waals surface area contributed by atoms with Gasteiger partial charge in [-0.1, -0.05) is 23.7 Å². The zero-order chi connectivity index (χ0) is 20.9. The van der Waals surface area contributed by atoms with E-state index in [1.54, 1.807) is 38.2 Å². The van der Waals surface area contributed by atoms with Gasteiger partial charge in [0.2, 0.25) is 0 Å². The Bertz CT molecular complexity index is 841. The van der Waals surface area contributed by atoms with Crippen LogP contribution in [0.5, 0.6) is 0 Å². The molecule has 0 aliphatic rings. The van der Waals surface area contributed by atoms with Gasteiger partial charge in [0, 0.05) is 5.69 Å². The fraction of sp³-hybridized carbons (Fsp3) is 0.263. The molecule has 0 saturated carbocycles. The van der Waals surface area contributed by atoms with Gasteiger partial charge < -0.3 is 15.5 Å². The smallest absolute Gasteiger partial charge is 0.321 e. The molecule has 5 nitrogen and oxygen atoms in total. The van der Waals surface area contributed by atoms with Crippen LogP contribution >= 0.6 is 11.6 Å². The third-order valence-corrected chi connectivity index (χ3v) is 4.53. The number of quaternary nitrogens is 1. The lowest BCUT2D eigenvalue weighted by atomic mass is 10.2. The Hall–Kier alpha value is -2.58. The van der Waals surface area contributed by atoms with E-state index in [1.807, 2.05) is 0 Å². The maximum absolute atomic E-state index is 12.6. The zero-order valence-electron chi connectivity index (χ0n) is 15.2. The van der Waals surface area contributed by atoms with Crippen LogP contribution in [-0.2, 0) is 15.8 Å². The van der Waals surface area contributed by atoms with Crippen LogP contribution in [0.25, 0.3) is 0 Å². The van der Waals surface area contributed by atoms with E-state index < -0.39 is 23.7 Å². The zero-order valence-corrected chi connectivity index (χ0v) is 16.0. The lowest BCUT2D eigenvalue weighted by Gasteiger charge is -2.21. The summed E-state index contributed by atoms with van der Waals surface area (Å²) in [4.78, 5) is 25.1. The predicted molar refractivity (Wildman–Crippen MR) is 101 cm³/mol. The average Bonchev–Trinajstić information content (AvgIpc) is 2.62. The van der Waals surface area contributed by atoms with Gasteiger partial charge in [0.15, 0.2) is 12.6 Å². The monoisotopic (exact) mass is 414 g/mol. The molecule has 2 atom stereocenters. The Morgan fingerprint density at radius 2 is 1.68 bits per heavy atom. The number of para-hydroxylation sites is 1. The van der Waals surface area contributed by atoms with Crippen LogP contribution in [0.2, 0.25) is 5.02 Å². The van der Waals surface area contributed by atoms with Crippen LogP contribution in [0.1, 0.15) is 12.5 Å². The standard InChI is InChI=1S/C19H19ClF3N3O2/c1-12(18(28)24-14-9-7-13(8-10-14)19(21,22)23)26(2)11-17(27)25-16-6-4-3-5-15(16)20/h3-10,12H,11H2,1-2H3,(H,24,28)(H,25,27)/p+1/t12-/m1/s1. The Morgan fingerprint density at radius 1 is 1.07 bits per heavy atom.